The molecule has 0 radical (unpaired) electrons. The molecule has 174 valence electrons. The highest BCUT2D eigenvalue weighted by atomic mass is 32.2. The van der Waals surface area contributed by atoms with Crippen molar-refractivity contribution in [1.29, 1.82) is 0 Å². The van der Waals surface area contributed by atoms with Crippen LogP contribution in [-0.2, 0) is 28.6 Å². The molecule has 0 bridgehead atoms. The molecule has 0 fully saturated rings. The minimum absolute atomic E-state index is 0.0882. The van der Waals surface area contributed by atoms with Crippen molar-refractivity contribution >= 4 is 20.2 Å². The summed E-state index contributed by atoms with van der Waals surface area (Å²) in [5.41, 5.74) is 2.37. The lowest BCUT2D eigenvalue weighted by molar-refractivity contribution is -0.0155. The first-order valence-electron chi connectivity index (χ1n) is 10.4. The Bertz CT molecular complexity index is 1250. The molecule has 1 aliphatic rings. The van der Waals surface area contributed by atoms with Crippen LogP contribution in [0.15, 0.2) is 82.6 Å². The van der Waals surface area contributed by atoms with Crippen LogP contribution >= 0.6 is 0 Å². The van der Waals surface area contributed by atoms with Crippen LogP contribution in [0.5, 0.6) is 5.75 Å². The molecule has 3 aromatic carbocycles. The smallest absolute Gasteiger partial charge is 0.299 e. The van der Waals surface area contributed by atoms with E-state index < -0.39 is 32.4 Å². The number of benzene rings is 3. The van der Waals surface area contributed by atoms with E-state index in [0.29, 0.717) is 17.7 Å². The Hall–Kier alpha value is -2.72. The molecule has 0 aromatic heterocycles. The van der Waals surface area contributed by atoms with E-state index in [1.807, 2.05) is 13.8 Å². The summed E-state index contributed by atoms with van der Waals surface area (Å²) in [4.78, 5) is -0.176. The lowest BCUT2D eigenvalue weighted by Gasteiger charge is -2.31. The number of para-hydroxylation sites is 1. The second kappa shape index (κ2) is 9.26. The van der Waals surface area contributed by atoms with Gasteiger partial charge in [-0.3, -0.25) is 0 Å². The van der Waals surface area contributed by atoms with Crippen molar-refractivity contribution in [2.24, 2.45) is 0 Å². The fourth-order valence-corrected chi connectivity index (χ4v) is 5.63. The largest absolute Gasteiger partial charge is 0.493 e. The molecule has 7 nitrogen and oxygen atoms in total. The van der Waals surface area contributed by atoms with Gasteiger partial charge >= 0.3 is 0 Å². The van der Waals surface area contributed by atoms with Gasteiger partial charge < -0.3 is 4.74 Å². The van der Waals surface area contributed by atoms with Crippen LogP contribution < -0.4 is 4.74 Å². The van der Waals surface area contributed by atoms with Gasteiger partial charge in [0.1, 0.15) is 5.75 Å². The highest BCUT2D eigenvalue weighted by Crippen LogP contribution is 2.39. The molecule has 0 spiro atoms. The van der Waals surface area contributed by atoms with Gasteiger partial charge in [0.2, 0.25) is 6.29 Å². The summed E-state index contributed by atoms with van der Waals surface area (Å²) in [6.45, 7) is 3.92. The van der Waals surface area contributed by atoms with Crippen molar-refractivity contribution < 1.29 is 29.9 Å². The Balaban J connectivity index is 1.73. The number of fused-ring (bicyclic) bond motifs is 1. The summed E-state index contributed by atoms with van der Waals surface area (Å²) in [5, 5.41) is 0. The van der Waals surface area contributed by atoms with Gasteiger partial charge in [0.25, 0.3) is 20.2 Å². The highest BCUT2D eigenvalue weighted by Gasteiger charge is 2.38. The average molecular weight is 489 g/mol. The molecule has 0 N–H and O–H groups in total. The Kier molecular flexibility index (Phi) is 6.58. The van der Waals surface area contributed by atoms with E-state index in [9.17, 15) is 16.8 Å². The van der Waals surface area contributed by atoms with Gasteiger partial charge in [-0.15, -0.1) is 0 Å². The van der Waals surface area contributed by atoms with Crippen LogP contribution in [0.1, 0.15) is 29.0 Å². The topological polar surface area (TPSA) is 96.0 Å². The summed E-state index contributed by atoms with van der Waals surface area (Å²) >= 11 is 0. The van der Waals surface area contributed by atoms with Gasteiger partial charge in [-0.25, -0.2) is 8.37 Å². The van der Waals surface area contributed by atoms with Crippen LogP contribution in [0.2, 0.25) is 0 Å². The van der Waals surface area contributed by atoms with Gasteiger partial charge in [0, 0.05) is 11.5 Å². The maximum atomic E-state index is 13.0. The molecule has 4 rings (SSSR count). The Morgan fingerprint density at radius 3 is 1.76 bits per heavy atom. The standard InChI is InChI=1S/C24H24O7S2/c1-17-7-11-19(12-8-17)32(25,26)30-24(22-15-16-29-23-6-4-3-5-21(22)23)31-33(27,28)20-13-9-18(2)10-14-20/h3-14,22,24H,15-16H2,1-2H3. The monoisotopic (exact) mass is 488 g/mol. The first kappa shape index (κ1) is 23.4. The van der Waals surface area contributed by atoms with Gasteiger partial charge in [-0.1, -0.05) is 53.6 Å². The lowest BCUT2D eigenvalue weighted by Crippen LogP contribution is -2.33. The molecular weight excluding hydrogens is 464 g/mol. The zero-order valence-electron chi connectivity index (χ0n) is 18.2. The summed E-state index contributed by atoms with van der Waals surface area (Å²) in [7, 11) is -8.64. The van der Waals surface area contributed by atoms with E-state index in [4.69, 9.17) is 13.1 Å². The Morgan fingerprint density at radius 2 is 1.24 bits per heavy atom. The summed E-state index contributed by atoms with van der Waals surface area (Å²) in [6, 6.07) is 19.2. The molecule has 1 heterocycles. The third kappa shape index (κ3) is 5.27. The second-order valence-corrected chi connectivity index (χ2v) is 11.0. The lowest BCUT2D eigenvalue weighted by atomic mass is 9.93. The predicted octanol–water partition coefficient (Wildman–Crippen LogP) is 4.31. The van der Waals surface area contributed by atoms with E-state index >= 15 is 0 Å². The maximum Gasteiger partial charge on any atom is 0.299 e. The van der Waals surface area contributed by atoms with Gasteiger partial charge in [0.15, 0.2) is 0 Å². The van der Waals surface area contributed by atoms with Crippen molar-refractivity contribution in [3.05, 3.63) is 89.5 Å². The van der Waals surface area contributed by atoms with Crippen LogP contribution in [-0.4, -0.2) is 29.7 Å². The van der Waals surface area contributed by atoms with Crippen molar-refractivity contribution in [3.63, 3.8) is 0 Å². The van der Waals surface area contributed by atoms with Crippen molar-refractivity contribution in [3.8, 4) is 5.75 Å². The molecule has 3 aromatic rings. The van der Waals surface area contributed by atoms with E-state index in [0.717, 1.165) is 11.1 Å². The second-order valence-electron chi connectivity index (χ2n) is 7.88. The van der Waals surface area contributed by atoms with E-state index in [2.05, 4.69) is 0 Å². The van der Waals surface area contributed by atoms with E-state index in [1.54, 1.807) is 48.5 Å². The van der Waals surface area contributed by atoms with E-state index in [-0.39, 0.29) is 16.4 Å². The Morgan fingerprint density at radius 1 is 0.758 bits per heavy atom. The molecule has 1 aliphatic heterocycles. The molecule has 0 aliphatic carbocycles. The highest BCUT2D eigenvalue weighted by molar-refractivity contribution is 7.87. The molecule has 0 saturated carbocycles. The third-order valence-corrected chi connectivity index (χ3v) is 7.98. The third-order valence-electron chi connectivity index (χ3n) is 5.40. The normalized spacial score (nSPS) is 16.3. The molecular formula is C24H24O7S2. The molecule has 1 unspecified atom stereocenters. The quantitative estimate of drug-likeness (QED) is 0.361. The first-order valence-corrected chi connectivity index (χ1v) is 13.2. The minimum Gasteiger partial charge on any atom is -0.493 e. The summed E-state index contributed by atoms with van der Waals surface area (Å²) in [5.74, 6) is -0.151. The van der Waals surface area contributed by atoms with Crippen molar-refractivity contribution in [2.75, 3.05) is 6.61 Å². The number of hydrogen-bond donors (Lipinski definition) is 0. The van der Waals surface area contributed by atoms with Crippen LogP contribution in [0.3, 0.4) is 0 Å². The van der Waals surface area contributed by atoms with Gasteiger partial charge in [0.05, 0.1) is 16.4 Å². The number of aryl methyl sites for hydroxylation is 2. The van der Waals surface area contributed by atoms with Crippen LogP contribution in [0.25, 0.3) is 0 Å². The fraction of sp³-hybridized carbons (Fsp3) is 0.250. The predicted molar refractivity (Wildman–Crippen MR) is 122 cm³/mol. The number of ether oxygens (including phenoxy) is 1. The van der Waals surface area contributed by atoms with Crippen LogP contribution in [0, 0.1) is 13.8 Å². The molecule has 0 amide bonds. The van der Waals surface area contributed by atoms with Crippen LogP contribution in [0.4, 0.5) is 0 Å². The number of rotatable bonds is 7. The van der Waals surface area contributed by atoms with Crippen molar-refractivity contribution in [2.45, 2.75) is 42.3 Å². The molecule has 9 heteroatoms. The zero-order chi connectivity index (χ0) is 23.6. The van der Waals surface area contributed by atoms with Gasteiger partial charge in [-0.05, 0) is 50.6 Å². The van der Waals surface area contributed by atoms with E-state index in [1.165, 1.54) is 24.3 Å². The minimum atomic E-state index is -4.32. The Labute approximate surface area is 194 Å². The zero-order valence-corrected chi connectivity index (χ0v) is 19.8. The molecule has 1 atom stereocenters. The molecule has 0 saturated heterocycles. The fourth-order valence-electron chi connectivity index (χ4n) is 3.57. The number of hydrogen-bond acceptors (Lipinski definition) is 7. The van der Waals surface area contributed by atoms with Gasteiger partial charge in [-0.2, -0.15) is 16.8 Å². The summed E-state index contributed by atoms with van der Waals surface area (Å²) in [6.07, 6.45) is -1.30. The summed E-state index contributed by atoms with van der Waals surface area (Å²) < 4.78 is 68.8. The average Bonchev–Trinajstić information content (AvgIpc) is 2.78. The molecule has 33 heavy (non-hydrogen) atoms. The van der Waals surface area contributed by atoms with Crippen molar-refractivity contribution in [1.82, 2.24) is 0 Å². The SMILES string of the molecule is Cc1ccc(S(=O)(=O)OC(OS(=O)(=O)c2ccc(C)cc2)C2CCOc3ccccc32)cc1. The first-order chi connectivity index (χ1) is 15.7. The maximum absolute atomic E-state index is 13.0.